The molecule has 0 fully saturated rings. The summed E-state index contributed by atoms with van der Waals surface area (Å²) in [7, 11) is 0. The van der Waals surface area contributed by atoms with Crippen molar-refractivity contribution in [1.82, 2.24) is 15.5 Å². The zero-order valence-corrected chi connectivity index (χ0v) is 13.6. The summed E-state index contributed by atoms with van der Waals surface area (Å²) in [6.45, 7) is 0. The number of nitrogens with zero attached hydrogens (tertiary/aromatic N) is 2. The van der Waals surface area contributed by atoms with Crippen LogP contribution in [0.4, 0.5) is 5.69 Å². The highest BCUT2D eigenvalue weighted by atomic mass is 35.5. The lowest BCUT2D eigenvalue weighted by Gasteiger charge is -2.30. The second kappa shape index (κ2) is 6.13. The molecule has 0 spiro atoms. The monoisotopic (exact) mass is 341 g/mol. The van der Waals surface area contributed by atoms with Gasteiger partial charge in [-0.1, -0.05) is 29.8 Å². The summed E-state index contributed by atoms with van der Waals surface area (Å²) < 4.78 is 0. The predicted molar refractivity (Wildman–Crippen MR) is 92.9 cm³/mol. The van der Waals surface area contributed by atoms with E-state index in [1.807, 2.05) is 30.3 Å². The van der Waals surface area contributed by atoms with Crippen molar-refractivity contribution in [3.8, 4) is 0 Å². The van der Waals surface area contributed by atoms with Crippen LogP contribution in [0.1, 0.15) is 31.0 Å². The summed E-state index contributed by atoms with van der Waals surface area (Å²) in [6.07, 6.45) is 3.73. The maximum Gasteiger partial charge on any atom is 0.201 e. The number of anilines is 1. The Morgan fingerprint density at radius 2 is 2.04 bits per heavy atom. The zero-order chi connectivity index (χ0) is 16.5. The van der Waals surface area contributed by atoms with Crippen molar-refractivity contribution in [2.24, 2.45) is 4.99 Å². The zero-order valence-electron chi connectivity index (χ0n) is 12.8. The lowest BCUT2D eigenvalue weighted by atomic mass is 9.88. The van der Waals surface area contributed by atoms with Crippen molar-refractivity contribution < 1.29 is 4.79 Å². The van der Waals surface area contributed by atoms with Crippen molar-refractivity contribution in [3.63, 3.8) is 0 Å². The van der Waals surface area contributed by atoms with Crippen LogP contribution in [0.25, 0.3) is 0 Å². The van der Waals surface area contributed by atoms with Gasteiger partial charge in [0.2, 0.25) is 5.96 Å². The van der Waals surface area contributed by atoms with E-state index in [1.54, 1.807) is 0 Å². The van der Waals surface area contributed by atoms with Crippen molar-refractivity contribution in [1.29, 1.82) is 0 Å². The van der Waals surface area contributed by atoms with Gasteiger partial charge in [0.05, 0.1) is 16.9 Å². The molecule has 1 aromatic heterocycles. The summed E-state index contributed by atoms with van der Waals surface area (Å²) >= 11 is 6.22. The van der Waals surface area contributed by atoms with Gasteiger partial charge in [-0.3, -0.25) is 9.89 Å². The van der Waals surface area contributed by atoms with Gasteiger partial charge in [-0.2, -0.15) is 5.10 Å². The van der Waals surface area contributed by atoms with Crippen molar-refractivity contribution in [2.45, 2.75) is 25.3 Å². The number of benzene rings is 1. The Morgan fingerprint density at radius 1 is 1.21 bits per heavy atom. The summed E-state index contributed by atoms with van der Waals surface area (Å²) in [6, 6.07) is 9.30. The fourth-order valence-electron chi connectivity index (χ4n) is 3.08. The van der Waals surface area contributed by atoms with E-state index in [0.717, 1.165) is 24.2 Å². The number of nitrogens with one attached hydrogen (secondary N) is 3. The van der Waals surface area contributed by atoms with Crippen LogP contribution in [0.2, 0.25) is 5.02 Å². The van der Waals surface area contributed by atoms with Crippen molar-refractivity contribution >= 4 is 29.0 Å². The molecule has 4 rings (SSSR count). The molecule has 24 heavy (non-hydrogen) atoms. The molecule has 1 aliphatic heterocycles. The van der Waals surface area contributed by atoms with Gasteiger partial charge in [0.1, 0.15) is 6.04 Å². The fraction of sp³-hybridized carbons (Fsp3) is 0.235. The number of carbonyl (C=O) groups is 1. The molecular weight excluding hydrogens is 326 g/mol. The number of guanidine groups is 1. The van der Waals surface area contributed by atoms with Gasteiger partial charge >= 0.3 is 0 Å². The summed E-state index contributed by atoms with van der Waals surface area (Å²) in [4.78, 5) is 17.1. The first-order valence-corrected chi connectivity index (χ1v) is 8.22. The minimum atomic E-state index is -0.463. The third-order valence-electron chi connectivity index (χ3n) is 4.19. The number of allylic oxidation sites excluding steroid dienone is 1. The molecule has 0 bridgehead atoms. The Morgan fingerprint density at radius 3 is 2.79 bits per heavy atom. The number of aromatic nitrogens is 2. The van der Waals surface area contributed by atoms with Crippen LogP contribution in [0, 0.1) is 0 Å². The van der Waals surface area contributed by atoms with E-state index < -0.39 is 6.04 Å². The number of H-pyrrole nitrogens is 1. The third-order valence-corrected chi connectivity index (χ3v) is 4.49. The van der Waals surface area contributed by atoms with Crippen LogP contribution in [0.5, 0.6) is 0 Å². The second-order valence-corrected chi connectivity index (χ2v) is 6.20. The van der Waals surface area contributed by atoms with E-state index in [4.69, 9.17) is 11.6 Å². The summed E-state index contributed by atoms with van der Waals surface area (Å²) in [5.41, 5.74) is 3.17. The fourth-order valence-corrected chi connectivity index (χ4v) is 3.28. The van der Waals surface area contributed by atoms with Crippen LogP contribution >= 0.6 is 11.6 Å². The van der Waals surface area contributed by atoms with Crippen LogP contribution < -0.4 is 10.6 Å². The number of hydrogen-bond acceptors (Lipinski definition) is 5. The average molecular weight is 342 g/mol. The van der Waals surface area contributed by atoms with Gasteiger partial charge in [0.25, 0.3) is 0 Å². The van der Waals surface area contributed by atoms with Crippen LogP contribution in [0.3, 0.4) is 0 Å². The predicted octanol–water partition coefficient (Wildman–Crippen LogP) is 3.18. The molecule has 3 N–H and O–H groups in total. The third kappa shape index (κ3) is 2.69. The number of Topliss-reactive ketones (excluding diaryl/α,β-unsaturated/α-hetero) is 1. The van der Waals surface area contributed by atoms with Gasteiger partial charge in [-0.15, -0.1) is 0 Å². The Bertz CT molecular complexity index is 840. The van der Waals surface area contributed by atoms with Crippen LogP contribution in [0.15, 0.2) is 52.8 Å². The van der Waals surface area contributed by atoms with Gasteiger partial charge in [-0.25, -0.2) is 4.99 Å². The standard InChI is InChI=1S/C17H16ClN5O/c18-11-9-19-23-15(11)16-14-12(7-4-8-13(14)24)21-17(22-16)20-10-5-2-1-3-6-10/h1-3,5-6,9,16H,4,7-8H2,(H,19,23)(H2,20,21,22). The van der Waals surface area contributed by atoms with E-state index >= 15 is 0 Å². The molecule has 6 nitrogen and oxygen atoms in total. The Kier molecular flexibility index (Phi) is 3.82. The second-order valence-electron chi connectivity index (χ2n) is 5.80. The molecule has 1 aliphatic carbocycles. The Hall–Kier alpha value is -2.60. The first kappa shape index (κ1) is 15.0. The molecule has 1 aromatic carbocycles. The molecule has 1 unspecified atom stereocenters. The smallest absolute Gasteiger partial charge is 0.201 e. The summed E-state index contributed by atoms with van der Waals surface area (Å²) in [5, 5.41) is 13.9. The van der Waals surface area contributed by atoms with E-state index in [9.17, 15) is 4.79 Å². The van der Waals surface area contributed by atoms with Gasteiger partial charge in [0, 0.05) is 23.4 Å². The molecule has 0 saturated carbocycles. The van der Waals surface area contributed by atoms with E-state index in [0.29, 0.717) is 28.7 Å². The first-order valence-electron chi connectivity index (χ1n) is 7.84. The summed E-state index contributed by atoms with van der Waals surface area (Å²) in [5.74, 6) is 0.715. The number of halogens is 1. The number of aromatic amines is 1. The molecule has 2 aromatic rings. The Labute approximate surface area is 144 Å². The number of rotatable bonds is 2. The minimum absolute atomic E-state index is 0.113. The van der Waals surface area contributed by atoms with Gasteiger partial charge < -0.3 is 10.6 Å². The lowest BCUT2D eigenvalue weighted by molar-refractivity contribution is -0.116. The van der Waals surface area contributed by atoms with Crippen molar-refractivity contribution in [3.05, 3.63) is 58.5 Å². The molecule has 0 saturated heterocycles. The van der Waals surface area contributed by atoms with Crippen LogP contribution in [-0.2, 0) is 4.79 Å². The van der Waals surface area contributed by atoms with Crippen LogP contribution in [-0.4, -0.2) is 21.9 Å². The number of hydrogen-bond donors (Lipinski definition) is 3. The highest BCUT2D eigenvalue weighted by Crippen LogP contribution is 2.37. The maximum absolute atomic E-state index is 12.4. The van der Waals surface area contributed by atoms with E-state index in [-0.39, 0.29) is 5.78 Å². The maximum atomic E-state index is 12.4. The SMILES string of the molecule is O=C1CCCC2=C1C(c1[nH]ncc1Cl)N=C(Nc1ccccc1)N2. The molecule has 1 atom stereocenters. The molecule has 0 amide bonds. The molecular formula is C17H16ClN5O. The number of carbonyl (C=O) groups excluding carboxylic acids is 1. The number of ketones is 1. The number of para-hydroxylation sites is 1. The average Bonchev–Trinajstić information content (AvgIpc) is 3.01. The molecule has 2 heterocycles. The van der Waals surface area contributed by atoms with Gasteiger partial charge in [0.15, 0.2) is 5.78 Å². The Balaban J connectivity index is 1.73. The lowest BCUT2D eigenvalue weighted by Crippen LogP contribution is -2.38. The largest absolute Gasteiger partial charge is 0.329 e. The highest BCUT2D eigenvalue weighted by molar-refractivity contribution is 6.31. The molecule has 2 aliphatic rings. The minimum Gasteiger partial charge on any atom is -0.329 e. The highest BCUT2D eigenvalue weighted by Gasteiger charge is 2.34. The quantitative estimate of drug-likeness (QED) is 0.783. The topological polar surface area (TPSA) is 82.2 Å². The molecule has 7 heteroatoms. The van der Waals surface area contributed by atoms with Gasteiger partial charge in [-0.05, 0) is 25.0 Å². The first-order chi connectivity index (χ1) is 11.7. The molecule has 0 radical (unpaired) electrons. The normalized spacial score (nSPS) is 20.3. The van der Waals surface area contributed by atoms with Crippen molar-refractivity contribution in [2.75, 3.05) is 5.32 Å². The molecule has 122 valence electrons. The number of aliphatic imine (C=N–C) groups is 1. The van der Waals surface area contributed by atoms with E-state index in [1.165, 1.54) is 6.20 Å². The van der Waals surface area contributed by atoms with E-state index in [2.05, 4.69) is 25.8 Å².